The maximum Gasteiger partial charge on any atom is 0.115 e. The molecule has 1 aromatic rings. The van der Waals surface area contributed by atoms with Gasteiger partial charge in [-0.3, -0.25) is 0 Å². The third-order valence-electron chi connectivity index (χ3n) is 6.09. The Labute approximate surface area is 215 Å². The van der Waals surface area contributed by atoms with Gasteiger partial charge in [-0.1, -0.05) is 51.8 Å². The Bertz CT molecular complexity index is 738. The van der Waals surface area contributed by atoms with Crippen LogP contribution >= 0.6 is 0 Å². The number of hydrogen-bond donors (Lipinski definition) is 2. The average molecular weight is 485 g/mol. The van der Waals surface area contributed by atoms with E-state index in [0.717, 1.165) is 30.4 Å². The molecule has 35 heavy (non-hydrogen) atoms. The molecule has 1 unspecified atom stereocenters. The molecule has 1 aliphatic heterocycles. The lowest BCUT2D eigenvalue weighted by Crippen LogP contribution is -2.19. The van der Waals surface area contributed by atoms with E-state index in [0.29, 0.717) is 0 Å². The van der Waals surface area contributed by atoms with Crippen LogP contribution in [0.15, 0.2) is 60.5 Å². The lowest BCUT2D eigenvalue weighted by molar-refractivity contribution is 0.187. The minimum Gasteiger partial charge on any atom is -0.508 e. The number of rotatable bonds is 5. The van der Waals surface area contributed by atoms with Gasteiger partial charge in [-0.2, -0.15) is 0 Å². The number of ether oxygens (including phenoxy) is 1. The van der Waals surface area contributed by atoms with Crippen molar-refractivity contribution in [3.05, 3.63) is 66.1 Å². The largest absolute Gasteiger partial charge is 0.508 e. The second-order valence-corrected chi connectivity index (χ2v) is 9.71. The van der Waals surface area contributed by atoms with Gasteiger partial charge in [-0.05, 0) is 87.6 Å². The number of nitrogens with two attached hydrogens (primary N) is 1. The zero-order valence-electron chi connectivity index (χ0n) is 23.1. The summed E-state index contributed by atoms with van der Waals surface area (Å²) in [6, 6.07) is 6.96. The van der Waals surface area contributed by atoms with E-state index < -0.39 is 0 Å². The summed E-state index contributed by atoms with van der Waals surface area (Å²) in [5, 5.41) is 8.90. The maximum absolute atomic E-state index is 8.90. The van der Waals surface area contributed by atoms with Crippen molar-refractivity contribution in [2.24, 2.45) is 17.6 Å². The van der Waals surface area contributed by atoms with Gasteiger partial charge in [0.05, 0.1) is 12.4 Å². The smallest absolute Gasteiger partial charge is 0.115 e. The summed E-state index contributed by atoms with van der Waals surface area (Å²) < 4.78 is 5.82. The lowest BCUT2D eigenvalue weighted by atomic mass is 10.1. The SMILES string of the molecule is C1=C(OCC2CC2)CCC(N2CCCC2)=C1.C=CC.CC.CC(N)c1ccc(O)cc1.CC1CC1. The average Bonchev–Trinajstić information content (AvgIpc) is 3.80. The molecule has 1 atom stereocenters. The van der Waals surface area contributed by atoms with E-state index in [1.807, 2.05) is 39.8 Å². The molecule has 0 radical (unpaired) electrons. The van der Waals surface area contributed by atoms with Gasteiger partial charge in [0.2, 0.25) is 0 Å². The first-order chi connectivity index (χ1) is 16.9. The van der Waals surface area contributed by atoms with Crippen LogP contribution in [-0.4, -0.2) is 29.7 Å². The molecular formula is C31H52N2O2. The van der Waals surface area contributed by atoms with Gasteiger partial charge in [0.25, 0.3) is 0 Å². The van der Waals surface area contributed by atoms with Crippen LogP contribution in [0.2, 0.25) is 0 Å². The summed E-state index contributed by atoms with van der Waals surface area (Å²) in [5.41, 5.74) is 8.15. The summed E-state index contributed by atoms with van der Waals surface area (Å²) >= 11 is 0. The second-order valence-electron chi connectivity index (χ2n) is 9.71. The van der Waals surface area contributed by atoms with Gasteiger partial charge >= 0.3 is 0 Å². The van der Waals surface area contributed by atoms with Gasteiger partial charge in [-0.25, -0.2) is 0 Å². The minimum atomic E-state index is 0.0422. The third kappa shape index (κ3) is 14.7. The van der Waals surface area contributed by atoms with Gasteiger partial charge < -0.3 is 20.5 Å². The summed E-state index contributed by atoms with van der Waals surface area (Å²) in [6.07, 6.45) is 17.0. The molecule has 3 N–H and O–H groups in total. The predicted molar refractivity (Wildman–Crippen MR) is 151 cm³/mol. The topological polar surface area (TPSA) is 58.7 Å². The molecule has 1 aromatic carbocycles. The number of hydrogen-bond acceptors (Lipinski definition) is 4. The van der Waals surface area contributed by atoms with E-state index in [1.54, 1.807) is 18.2 Å². The Kier molecular flexibility index (Phi) is 16.0. The number of phenols is 1. The summed E-state index contributed by atoms with van der Waals surface area (Å²) in [7, 11) is 0. The highest BCUT2D eigenvalue weighted by Crippen LogP contribution is 2.31. The van der Waals surface area contributed by atoms with Crippen LogP contribution in [0.3, 0.4) is 0 Å². The molecule has 1 heterocycles. The predicted octanol–water partition coefficient (Wildman–Crippen LogP) is 8.12. The highest BCUT2D eigenvalue weighted by Gasteiger charge is 2.23. The van der Waals surface area contributed by atoms with Crippen LogP contribution in [0.25, 0.3) is 0 Å². The zero-order chi connectivity index (χ0) is 26.1. The maximum atomic E-state index is 8.90. The van der Waals surface area contributed by atoms with E-state index in [9.17, 15) is 0 Å². The Morgan fingerprint density at radius 1 is 1.06 bits per heavy atom. The number of benzene rings is 1. The zero-order valence-corrected chi connectivity index (χ0v) is 23.1. The Morgan fingerprint density at radius 3 is 2.00 bits per heavy atom. The molecule has 4 heteroatoms. The number of phenolic OH excluding ortho intramolecular Hbond substituents is 1. The third-order valence-corrected chi connectivity index (χ3v) is 6.09. The van der Waals surface area contributed by atoms with E-state index in [-0.39, 0.29) is 11.8 Å². The molecule has 3 fully saturated rings. The fraction of sp³-hybridized carbons (Fsp3) is 0.613. The van der Waals surface area contributed by atoms with Gasteiger partial charge in [-0.15, -0.1) is 6.58 Å². The summed E-state index contributed by atoms with van der Waals surface area (Å²) in [5.74, 6) is 3.43. The van der Waals surface area contributed by atoms with Crippen LogP contribution in [0.1, 0.15) is 97.6 Å². The van der Waals surface area contributed by atoms with E-state index in [4.69, 9.17) is 15.6 Å². The highest BCUT2D eigenvalue weighted by atomic mass is 16.5. The van der Waals surface area contributed by atoms with Crippen LogP contribution in [-0.2, 0) is 4.74 Å². The van der Waals surface area contributed by atoms with Crippen LogP contribution < -0.4 is 5.73 Å². The van der Waals surface area contributed by atoms with Crippen molar-refractivity contribution in [1.82, 2.24) is 4.90 Å². The van der Waals surface area contributed by atoms with Crippen molar-refractivity contribution in [1.29, 1.82) is 0 Å². The van der Waals surface area contributed by atoms with Crippen molar-refractivity contribution in [2.45, 2.75) is 92.0 Å². The summed E-state index contributed by atoms with van der Waals surface area (Å²) in [4.78, 5) is 2.54. The van der Waals surface area contributed by atoms with E-state index in [1.165, 1.54) is 69.5 Å². The Balaban J connectivity index is 0.000000275. The van der Waals surface area contributed by atoms with Crippen molar-refractivity contribution < 1.29 is 9.84 Å². The minimum absolute atomic E-state index is 0.0422. The molecular weight excluding hydrogens is 432 g/mol. The molecule has 5 rings (SSSR count). The van der Waals surface area contributed by atoms with Crippen molar-refractivity contribution in [2.75, 3.05) is 19.7 Å². The van der Waals surface area contributed by atoms with Crippen LogP contribution in [0.4, 0.5) is 0 Å². The summed E-state index contributed by atoms with van der Waals surface area (Å²) in [6.45, 7) is 16.9. The molecule has 1 saturated heterocycles. The first-order valence-electron chi connectivity index (χ1n) is 13.8. The number of nitrogens with zero attached hydrogens (tertiary/aromatic N) is 1. The van der Waals surface area contributed by atoms with Gasteiger partial charge in [0, 0.05) is 31.2 Å². The first kappa shape index (κ1) is 30.8. The number of likely N-dealkylation sites (tertiary alicyclic amines) is 1. The molecule has 0 amide bonds. The molecule has 4 nitrogen and oxygen atoms in total. The Hall–Kier alpha value is -2.20. The normalized spacial score (nSPS) is 18.9. The van der Waals surface area contributed by atoms with Crippen molar-refractivity contribution in [3.63, 3.8) is 0 Å². The highest BCUT2D eigenvalue weighted by molar-refractivity contribution is 5.27. The van der Waals surface area contributed by atoms with Crippen LogP contribution in [0.5, 0.6) is 5.75 Å². The van der Waals surface area contributed by atoms with Gasteiger partial charge in [0.15, 0.2) is 0 Å². The van der Waals surface area contributed by atoms with E-state index in [2.05, 4.69) is 30.6 Å². The van der Waals surface area contributed by atoms with Crippen LogP contribution in [0, 0.1) is 11.8 Å². The molecule has 4 aliphatic rings. The monoisotopic (exact) mass is 484 g/mol. The number of allylic oxidation sites excluding steroid dienone is 5. The molecule has 198 valence electrons. The fourth-order valence-corrected chi connectivity index (χ4v) is 3.45. The molecule has 0 spiro atoms. The fourth-order valence-electron chi connectivity index (χ4n) is 3.45. The van der Waals surface area contributed by atoms with E-state index >= 15 is 0 Å². The quantitative estimate of drug-likeness (QED) is 0.414. The van der Waals surface area contributed by atoms with Gasteiger partial charge in [0.1, 0.15) is 5.75 Å². The lowest BCUT2D eigenvalue weighted by Gasteiger charge is -2.24. The standard InChI is InChI=1S/C14H21NO.C8H11NO.C4H8.C3H6.C2H6/c1-2-10-15(9-1)13-5-7-14(8-6-13)16-11-12-3-4-12;1-6(9)7-2-4-8(10)5-3-7;1-4-2-3-4;1-3-2;1-2/h5,7,12H,1-4,6,8-11H2;2-6,10H,9H2,1H3;4H,2-3H2,1H3;3H,1H2,2H3;1-2H3. The second kappa shape index (κ2) is 18.1. The molecule has 0 aromatic heterocycles. The molecule has 0 bridgehead atoms. The number of aromatic hydroxyl groups is 1. The van der Waals surface area contributed by atoms with Crippen molar-refractivity contribution in [3.8, 4) is 5.75 Å². The first-order valence-corrected chi connectivity index (χ1v) is 13.8. The molecule has 3 aliphatic carbocycles. The Morgan fingerprint density at radius 2 is 1.60 bits per heavy atom. The molecule has 2 saturated carbocycles. The van der Waals surface area contributed by atoms with Crippen molar-refractivity contribution >= 4 is 0 Å².